The van der Waals surface area contributed by atoms with Gasteiger partial charge >= 0.3 is 0 Å². The Hall–Kier alpha value is -1.09. The molecule has 0 aromatic heterocycles. The Morgan fingerprint density at radius 3 is 2.82 bits per heavy atom. The van der Waals surface area contributed by atoms with Gasteiger partial charge in [0.2, 0.25) is 0 Å². The Kier molecular flexibility index (Phi) is 2.40. The Morgan fingerprint density at radius 1 is 1.41 bits per heavy atom. The molecule has 2 saturated carbocycles. The first-order valence-electron chi connectivity index (χ1n) is 6.20. The number of aliphatic hydroxyl groups is 1. The van der Waals surface area contributed by atoms with E-state index in [-0.39, 0.29) is 11.7 Å². The van der Waals surface area contributed by atoms with Crippen LogP contribution in [0.2, 0.25) is 0 Å². The molecule has 0 aliphatic heterocycles. The molecule has 2 aliphatic carbocycles. The smallest absolute Gasteiger partial charge is 0.125 e. The zero-order chi connectivity index (χ0) is 12.0. The largest absolute Gasteiger partial charge is 0.496 e. The zero-order valence-electron chi connectivity index (χ0n) is 9.95. The minimum absolute atomic E-state index is 0.267. The quantitative estimate of drug-likeness (QED) is 0.855. The molecule has 0 heterocycles. The van der Waals surface area contributed by atoms with Crippen LogP contribution < -0.4 is 4.74 Å². The molecular formula is C14H17FO2. The highest BCUT2D eigenvalue weighted by molar-refractivity contribution is 5.40. The molecule has 0 saturated heterocycles. The van der Waals surface area contributed by atoms with Crippen molar-refractivity contribution >= 4 is 0 Å². The second-order valence-electron chi connectivity index (χ2n) is 5.35. The number of methoxy groups -OCH3 is 1. The van der Waals surface area contributed by atoms with Crippen LogP contribution >= 0.6 is 0 Å². The summed E-state index contributed by atoms with van der Waals surface area (Å²) in [6.07, 6.45) is 4.05. The highest BCUT2D eigenvalue weighted by Gasteiger charge is 2.52. The SMILES string of the molecule is COc1ccc(F)cc1C1(O)CC2CCC1C2. The topological polar surface area (TPSA) is 29.5 Å². The summed E-state index contributed by atoms with van der Waals surface area (Å²) in [7, 11) is 1.56. The summed E-state index contributed by atoms with van der Waals surface area (Å²) in [5.41, 5.74) is -0.247. The first-order valence-corrected chi connectivity index (χ1v) is 6.20. The van der Waals surface area contributed by atoms with E-state index in [1.165, 1.54) is 18.6 Å². The zero-order valence-corrected chi connectivity index (χ0v) is 9.95. The van der Waals surface area contributed by atoms with Crippen LogP contribution in [0.1, 0.15) is 31.2 Å². The molecule has 2 nitrogen and oxygen atoms in total. The van der Waals surface area contributed by atoms with E-state index in [1.807, 2.05) is 0 Å². The van der Waals surface area contributed by atoms with Gasteiger partial charge in [-0.1, -0.05) is 0 Å². The van der Waals surface area contributed by atoms with Gasteiger partial charge in [0.15, 0.2) is 0 Å². The van der Waals surface area contributed by atoms with Crippen molar-refractivity contribution in [3.05, 3.63) is 29.6 Å². The fourth-order valence-corrected chi connectivity index (χ4v) is 3.65. The Labute approximate surface area is 100 Å². The van der Waals surface area contributed by atoms with Gasteiger partial charge in [-0.25, -0.2) is 4.39 Å². The van der Waals surface area contributed by atoms with Gasteiger partial charge in [0.1, 0.15) is 11.6 Å². The van der Waals surface area contributed by atoms with Crippen LogP contribution in [0.25, 0.3) is 0 Å². The maximum absolute atomic E-state index is 13.4. The third-order valence-electron chi connectivity index (χ3n) is 4.44. The lowest BCUT2D eigenvalue weighted by molar-refractivity contribution is -0.0203. The molecule has 0 amide bonds. The van der Waals surface area contributed by atoms with E-state index in [2.05, 4.69) is 0 Å². The van der Waals surface area contributed by atoms with Gasteiger partial charge in [0, 0.05) is 5.56 Å². The lowest BCUT2D eigenvalue weighted by Crippen LogP contribution is -2.32. The molecular weight excluding hydrogens is 219 g/mol. The van der Waals surface area contributed by atoms with Crippen molar-refractivity contribution in [3.8, 4) is 5.75 Å². The third kappa shape index (κ3) is 1.56. The predicted molar refractivity (Wildman–Crippen MR) is 62.3 cm³/mol. The Morgan fingerprint density at radius 2 is 2.24 bits per heavy atom. The Bertz CT molecular complexity index is 446. The number of fused-ring (bicyclic) bond motifs is 2. The molecule has 1 N–H and O–H groups in total. The van der Waals surface area contributed by atoms with Crippen molar-refractivity contribution in [2.24, 2.45) is 11.8 Å². The molecule has 17 heavy (non-hydrogen) atoms. The standard InChI is InChI=1S/C14H17FO2/c1-17-13-5-4-11(15)7-12(13)14(16)8-9-2-3-10(14)6-9/h4-5,7,9-10,16H,2-3,6,8H2,1H3. The molecule has 1 aromatic rings. The fraction of sp³-hybridized carbons (Fsp3) is 0.571. The summed E-state index contributed by atoms with van der Waals surface area (Å²) in [6.45, 7) is 0. The summed E-state index contributed by atoms with van der Waals surface area (Å²) in [5.74, 6) is 1.15. The van der Waals surface area contributed by atoms with E-state index >= 15 is 0 Å². The van der Waals surface area contributed by atoms with Crippen LogP contribution in [0.15, 0.2) is 18.2 Å². The van der Waals surface area contributed by atoms with Crippen LogP contribution in [0.4, 0.5) is 4.39 Å². The molecule has 92 valence electrons. The van der Waals surface area contributed by atoms with Gasteiger partial charge in [0.25, 0.3) is 0 Å². The lowest BCUT2D eigenvalue weighted by Gasteiger charge is -2.34. The van der Waals surface area contributed by atoms with E-state index in [0.29, 0.717) is 17.2 Å². The minimum Gasteiger partial charge on any atom is -0.496 e. The number of ether oxygens (including phenoxy) is 1. The van der Waals surface area contributed by atoms with Gasteiger partial charge in [-0.2, -0.15) is 0 Å². The van der Waals surface area contributed by atoms with Crippen molar-refractivity contribution in [1.82, 2.24) is 0 Å². The van der Waals surface area contributed by atoms with Crippen LogP contribution in [0.3, 0.4) is 0 Å². The van der Waals surface area contributed by atoms with Crippen molar-refractivity contribution in [1.29, 1.82) is 0 Å². The van der Waals surface area contributed by atoms with Gasteiger partial charge in [0.05, 0.1) is 12.7 Å². The summed E-state index contributed by atoms with van der Waals surface area (Å²) in [6, 6.07) is 4.41. The Balaban J connectivity index is 2.06. The highest BCUT2D eigenvalue weighted by atomic mass is 19.1. The van der Waals surface area contributed by atoms with Crippen molar-refractivity contribution < 1.29 is 14.2 Å². The number of halogens is 1. The van der Waals surface area contributed by atoms with E-state index in [4.69, 9.17) is 4.74 Å². The van der Waals surface area contributed by atoms with E-state index in [9.17, 15) is 9.50 Å². The predicted octanol–water partition coefficient (Wildman–Crippen LogP) is 2.84. The molecule has 3 rings (SSSR count). The summed E-state index contributed by atoms with van der Waals surface area (Å²) < 4.78 is 18.6. The van der Waals surface area contributed by atoms with Gasteiger partial charge < -0.3 is 9.84 Å². The van der Waals surface area contributed by atoms with E-state index < -0.39 is 5.60 Å². The molecule has 3 atom stereocenters. The summed E-state index contributed by atoms with van der Waals surface area (Å²) in [5, 5.41) is 10.8. The maximum atomic E-state index is 13.4. The maximum Gasteiger partial charge on any atom is 0.125 e. The first kappa shape index (κ1) is 11.0. The molecule has 2 aliphatic rings. The average molecular weight is 236 g/mol. The number of hydrogen-bond acceptors (Lipinski definition) is 2. The number of hydrogen-bond donors (Lipinski definition) is 1. The molecule has 1 aromatic carbocycles. The van der Waals surface area contributed by atoms with Gasteiger partial charge in [-0.15, -0.1) is 0 Å². The lowest BCUT2D eigenvalue weighted by atomic mass is 9.78. The van der Waals surface area contributed by atoms with Gasteiger partial charge in [-0.05, 0) is 55.7 Å². The van der Waals surface area contributed by atoms with Crippen LogP contribution in [0.5, 0.6) is 5.75 Å². The van der Waals surface area contributed by atoms with Crippen LogP contribution in [0, 0.1) is 17.7 Å². The second-order valence-corrected chi connectivity index (χ2v) is 5.35. The number of rotatable bonds is 2. The van der Waals surface area contributed by atoms with Crippen molar-refractivity contribution in [2.45, 2.75) is 31.3 Å². The summed E-state index contributed by atoms with van der Waals surface area (Å²) >= 11 is 0. The van der Waals surface area contributed by atoms with E-state index in [1.54, 1.807) is 13.2 Å². The molecule has 3 heteroatoms. The highest BCUT2D eigenvalue weighted by Crippen LogP contribution is 2.56. The molecule has 0 spiro atoms. The normalized spacial score (nSPS) is 35.2. The fourth-order valence-electron chi connectivity index (χ4n) is 3.65. The van der Waals surface area contributed by atoms with E-state index in [0.717, 1.165) is 19.3 Å². The second kappa shape index (κ2) is 3.70. The molecule has 0 radical (unpaired) electrons. The van der Waals surface area contributed by atoms with Gasteiger partial charge in [-0.3, -0.25) is 0 Å². The summed E-state index contributed by atoms with van der Waals surface area (Å²) in [4.78, 5) is 0. The monoisotopic (exact) mass is 236 g/mol. The molecule has 2 bridgehead atoms. The van der Waals surface area contributed by atoms with Crippen molar-refractivity contribution in [3.63, 3.8) is 0 Å². The average Bonchev–Trinajstić information content (AvgIpc) is 2.89. The number of benzene rings is 1. The first-order chi connectivity index (χ1) is 8.13. The third-order valence-corrected chi connectivity index (χ3v) is 4.44. The van der Waals surface area contributed by atoms with Crippen molar-refractivity contribution in [2.75, 3.05) is 7.11 Å². The molecule has 3 unspecified atom stereocenters. The minimum atomic E-state index is -0.879. The van der Waals surface area contributed by atoms with Crippen LogP contribution in [-0.2, 0) is 5.60 Å². The molecule has 2 fully saturated rings. The van der Waals surface area contributed by atoms with Crippen LogP contribution in [-0.4, -0.2) is 12.2 Å².